The summed E-state index contributed by atoms with van der Waals surface area (Å²) in [5.74, 6) is 0.631. The van der Waals surface area contributed by atoms with Gasteiger partial charge in [0.25, 0.3) is 0 Å². The van der Waals surface area contributed by atoms with E-state index in [1.165, 1.54) is 6.39 Å². The van der Waals surface area contributed by atoms with E-state index in [-0.39, 0.29) is 5.75 Å². The molecule has 0 saturated carbocycles. The minimum Gasteiger partial charge on any atom is -0.504 e. The summed E-state index contributed by atoms with van der Waals surface area (Å²) < 4.78 is 5.20. The number of rotatable bonds is 1. The Hall–Kier alpha value is -1.55. The van der Waals surface area contributed by atoms with Gasteiger partial charge in [0, 0.05) is 18.0 Å². The molecule has 0 radical (unpaired) electrons. The Labute approximate surface area is 93.3 Å². The molecule has 1 saturated heterocycles. The summed E-state index contributed by atoms with van der Waals surface area (Å²) in [6.07, 6.45) is 3.63. The molecule has 2 N–H and O–H groups in total. The van der Waals surface area contributed by atoms with Gasteiger partial charge < -0.3 is 14.8 Å². The van der Waals surface area contributed by atoms with Gasteiger partial charge >= 0.3 is 0 Å². The van der Waals surface area contributed by atoms with Crippen molar-refractivity contribution < 1.29 is 9.52 Å². The molecule has 0 aliphatic carbocycles. The Bertz CT molecular complexity index is 501. The second-order valence-electron chi connectivity index (χ2n) is 4.25. The number of nitrogens with zero attached hydrogens (tertiary/aromatic N) is 1. The molecule has 1 unspecified atom stereocenters. The summed E-state index contributed by atoms with van der Waals surface area (Å²) in [5.41, 5.74) is 2.18. The van der Waals surface area contributed by atoms with Crippen LogP contribution in [0, 0.1) is 0 Å². The van der Waals surface area contributed by atoms with Gasteiger partial charge in [-0.15, -0.1) is 0 Å². The predicted octanol–water partition coefficient (Wildman–Crippen LogP) is 2.00. The van der Waals surface area contributed by atoms with Gasteiger partial charge in [-0.25, -0.2) is 4.98 Å². The van der Waals surface area contributed by atoms with Gasteiger partial charge in [-0.1, -0.05) is 6.07 Å². The first-order valence-electron chi connectivity index (χ1n) is 5.62. The fourth-order valence-corrected chi connectivity index (χ4v) is 2.38. The molecule has 0 amide bonds. The SMILES string of the molecule is Oc1c(C2CCCNC2)ccc2ncoc12. The van der Waals surface area contributed by atoms with Crippen LogP contribution in [0.2, 0.25) is 0 Å². The standard InChI is InChI=1S/C12H14N2O2/c15-11-9(8-2-1-5-13-6-8)3-4-10-12(11)16-7-14-10/h3-4,7-8,13,15H,1-2,5-6H2. The van der Waals surface area contributed by atoms with Gasteiger partial charge in [0.1, 0.15) is 5.52 Å². The van der Waals surface area contributed by atoms with Crippen LogP contribution in [0.15, 0.2) is 22.9 Å². The molecule has 0 spiro atoms. The van der Waals surface area contributed by atoms with E-state index in [4.69, 9.17) is 4.42 Å². The lowest BCUT2D eigenvalue weighted by molar-refractivity contribution is 0.422. The second-order valence-corrected chi connectivity index (χ2v) is 4.25. The van der Waals surface area contributed by atoms with Crippen molar-refractivity contribution >= 4 is 11.1 Å². The van der Waals surface area contributed by atoms with E-state index < -0.39 is 0 Å². The number of phenolic OH excluding ortho intramolecular Hbond substituents is 1. The first-order chi connectivity index (χ1) is 7.86. The van der Waals surface area contributed by atoms with Crippen molar-refractivity contribution in [2.75, 3.05) is 13.1 Å². The molecule has 1 fully saturated rings. The van der Waals surface area contributed by atoms with Crippen molar-refractivity contribution in [1.29, 1.82) is 0 Å². The highest BCUT2D eigenvalue weighted by Crippen LogP contribution is 2.35. The topological polar surface area (TPSA) is 58.3 Å². The first-order valence-corrected chi connectivity index (χ1v) is 5.62. The molecule has 0 bridgehead atoms. The van der Waals surface area contributed by atoms with Crippen molar-refractivity contribution in [3.8, 4) is 5.75 Å². The zero-order valence-electron chi connectivity index (χ0n) is 8.94. The fraction of sp³-hybridized carbons (Fsp3) is 0.417. The summed E-state index contributed by atoms with van der Waals surface area (Å²) in [5, 5.41) is 13.5. The number of hydrogen-bond donors (Lipinski definition) is 2. The molecule has 1 aliphatic rings. The van der Waals surface area contributed by atoms with Gasteiger partial charge in [0.2, 0.25) is 0 Å². The summed E-state index contributed by atoms with van der Waals surface area (Å²) in [7, 11) is 0. The van der Waals surface area contributed by atoms with E-state index in [2.05, 4.69) is 10.3 Å². The van der Waals surface area contributed by atoms with Gasteiger partial charge in [0.15, 0.2) is 17.7 Å². The minimum atomic E-state index is 0.253. The highest BCUT2D eigenvalue weighted by Gasteiger charge is 2.20. The van der Waals surface area contributed by atoms with E-state index in [0.29, 0.717) is 17.0 Å². The number of fused-ring (bicyclic) bond motifs is 1. The van der Waals surface area contributed by atoms with Gasteiger partial charge in [0.05, 0.1) is 0 Å². The quantitative estimate of drug-likeness (QED) is 0.768. The zero-order valence-corrected chi connectivity index (χ0v) is 8.94. The van der Waals surface area contributed by atoms with E-state index in [1.807, 2.05) is 12.1 Å². The van der Waals surface area contributed by atoms with Crippen LogP contribution < -0.4 is 5.32 Å². The van der Waals surface area contributed by atoms with Crippen LogP contribution >= 0.6 is 0 Å². The Kier molecular flexibility index (Phi) is 2.29. The normalized spacial score (nSPS) is 21.4. The van der Waals surface area contributed by atoms with Crippen LogP contribution in [0.4, 0.5) is 0 Å². The predicted molar refractivity (Wildman–Crippen MR) is 60.5 cm³/mol. The van der Waals surface area contributed by atoms with Crippen LogP contribution in [-0.2, 0) is 0 Å². The molecule has 1 aliphatic heterocycles. The number of aromatic nitrogens is 1. The number of aromatic hydroxyl groups is 1. The van der Waals surface area contributed by atoms with Gasteiger partial charge in [-0.3, -0.25) is 0 Å². The third-order valence-corrected chi connectivity index (χ3v) is 3.24. The third kappa shape index (κ3) is 1.46. The Balaban J connectivity index is 2.05. The average molecular weight is 218 g/mol. The van der Waals surface area contributed by atoms with Crippen molar-refractivity contribution in [2.24, 2.45) is 0 Å². The highest BCUT2D eigenvalue weighted by molar-refractivity contribution is 5.80. The summed E-state index contributed by atoms with van der Waals surface area (Å²) in [6.45, 7) is 2.00. The van der Waals surface area contributed by atoms with Crippen molar-refractivity contribution in [2.45, 2.75) is 18.8 Å². The van der Waals surface area contributed by atoms with Gasteiger partial charge in [-0.2, -0.15) is 0 Å². The molecule has 1 aromatic heterocycles. The second kappa shape index (κ2) is 3.79. The maximum absolute atomic E-state index is 10.1. The number of oxazole rings is 1. The number of piperidine rings is 1. The number of hydrogen-bond acceptors (Lipinski definition) is 4. The van der Waals surface area contributed by atoms with Crippen molar-refractivity contribution in [3.05, 3.63) is 24.1 Å². The monoisotopic (exact) mass is 218 g/mol. The number of phenols is 1. The molecular weight excluding hydrogens is 204 g/mol. The molecule has 2 aromatic rings. The molecule has 4 heteroatoms. The molecule has 1 atom stereocenters. The van der Waals surface area contributed by atoms with Crippen LogP contribution in [0.25, 0.3) is 11.1 Å². The lowest BCUT2D eigenvalue weighted by Crippen LogP contribution is -2.28. The molecule has 1 aromatic carbocycles. The van der Waals surface area contributed by atoms with E-state index in [9.17, 15) is 5.11 Å². The third-order valence-electron chi connectivity index (χ3n) is 3.24. The summed E-state index contributed by atoms with van der Waals surface area (Å²) >= 11 is 0. The summed E-state index contributed by atoms with van der Waals surface area (Å²) in [4.78, 5) is 4.02. The van der Waals surface area contributed by atoms with Crippen LogP contribution in [-0.4, -0.2) is 23.2 Å². The van der Waals surface area contributed by atoms with E-state index in [1.54, 1.807) is 0 Å². The van der Waals surface area contributed by atoms with Crippen LogP contribution in [0.5, 0.6) is 5.75 Å². The highest BCUT2D eigenvalue weighted by atomic mass is 16.4. The summed E-state index contributed by atoms with van der Waals surface area (Å²) in [6, 6.07) is 3.86. The minimum absolute atomic E-state index is 0.253. The lowest BCUT2D eigenvalue weighted by atomic mass is 9.91. The Morgan fingerprint density at radius 1 is 1.44 bits per heavy atom. The maximum Gasteiger partial charge on any atom is 0.196 e. The Morgan fingerprint density at radius 2 is 2.38 bits per heavy atom. The van der Waals surface area contributed by atoms with Gasteiger partial charge in [-0.05, 0) is 25.5 Å². The molecule has 4 nitrogen and oxygen atoms in total. The van der Waals surface area contributed by atoms with Crippen molar-refractivity contribution in [1.82, 2.24) is 10.3 Å². The largest absolute Gasteiger partial charge is 0.504 e. The maximum atomic E-state index is 10.1. The molecular formula is C12H14N2O2. The molecule has 84 valence electrons. The number of nitrogens with one attached hydrogen (secondary N) is 1. The zero-order chi connectivity index (χ0) is 11.0. The fourth-order valence-electron chi connectivity index (χ4n) is 2.38. The lowest BCUT2D eigenvalue weighted by Gasteiger charge is -2.23. The smallest absolute Gasteiger partial charge is 0.196 e. The van der Waals surface area contributed by atoms with Crippen molar-refractivity contribution in [3.63, 3.8) is 0 Å². The van der Waals surface area contributed by atoms with Crippen LogP contribution in [0.1, 0.15) is 24.3 Å². The van der Waals surface area contributed by atoms with Crippen LogP contribution in [0.3, 0.4) is 0 Å². The first kappa shape index (κ1) is 9.66. The number of benzene rings is 1. The van der Waals surface area contributed by atoms with E-state index in [0.717, 1.165) is 31.5 Å². The molecule has 16 heavy (non-hydrogen) atoms. The molecule has 2 heterocycles. The average Bonchev–Trinajstić information content (AvgIpc) is 2.80. The Morgan fingerprint density at radius 3 is 3.19 bits per heavy atom. The van der Waals surface area contributed by atoms with E-state index >= 15 is 0 Å². The molecule has 3 rings (SSSR count).